The lowest BCUT2D eigenvalue weighted by Crippen LogP contribution is -2.39. The predicted molar refractivity (Wildman–Crippen MR) is 78.1 cm³/mol. The molecule has 98 valence electrons. The molecule has 1 aromatic heterocycles. The van der Waals surface area contributed by atoms with E-state index in [1.54, 1.807) is 6.20 Å². The standard InChI is InChI=1S/C16H19N3/c1-18-15(8-11-6-7-19-16(17)9-11)14-10-12-4-2-3-5-13(12)14/h2-7,9,14-15,18H,8,10H2,1H3,(H2,17,19). The molecule has 0 bridgehead atoms. The van der Waals surface area contributed by atoms with Crippen LogP contribution >= 0.6 is 0 Å². The molecule has 0 fully saturated rings. The van der Waals surface area contributed by atoms with Crippen molar-refractivity contribution in [2.45, 2.75) is 24.8 Å². The van der Waals surface area contributed by atoms with Crippen LogP contribution < -0.4 is 11.1 Å². The van der Waals surface area contributed by atoms with Gasteiger partial charge in [0.2, 0.25) is 0 Å². The maximum atomic E-state index is 5.74. The van der Waals surface area contributed by atoms with Gasteiger partial charge in [-0.05, 0) is 48.7 Å². The number of aromatic nitrogens is 1. The Morgan fingerprint density at radius 3 is 2.95 bits per heavy atom. The summed E-state index contributed by atoms with van der Waals surface area (Å²) in [6, 6.07) is 13.2. The van der Waals surface area contributed by atoms with Gasteiger partial charge in [0, 0.05) is 18.2 Å². The van der Waals surface area contributed by atoms with Crippen molar-refractivity contribution in [3.05, 3.63) is 59.3 Å². The molecule has 1 aromatic carbocycles. The summed E-state index contributed by atoms with van der Waals surface area (Å²) in [5.41, 5.74) is 9.97. The molecule has 0 spiro atoms. The molecule has 3 nitrogen and oxygen atoms in total. The van der Waals surface area contributed by atoms with Crippen molar-refractivity contribution >= 4 is 5.82 Å². The molecule has 3 rings (SSSR count). The zero-order valence-corrected chi connectivity index (χ0v) is 11.1. The number of fused-ring (bicyclic) bond motifs is 1. The van der Waals surface area contributed by atoms with Gasteiger partial charge in [-0.3, -0.25) is 0 Å². The predicted octanol–water partition coefficient (Wildman–Crippen LogP) is 2.13. The molecule has 1 aliphatic rings. The summed E-state index contributed by atoms with van der Waals surface area (Å²) in [6.07, 6.45) is 3.94. The van der Waals surface area contributed by atoms with Gasteiger partial charge in [-0.2, -0.15) is 0 Å². The Kier molecular flexibility index (Phi) is 3.22. The Morgan fingerprint density at radius 1 is 1.37 bits per heavy atom. The van der Waals surface area contributed by atoms with Gasteiger partial charge in [0.25, 0.3) is 0 Å². The zero-order valence-electron chi connectivity index (χ0n) is 11.1. The van der Waals surface area contributed by atoms with Crippen LogP contribution in [-0.4, -0.2) is 18.1 Å². The molecule has 0 aliphatic heterocycles. The fourth-order valence-corrected chi connectivity index (χ4v) is 2.98. The minimum Gasteiger partial charge on any atom is -0.384 e. The number of hydrogen-bond acceptors (Lipinski definition) is 3. The molecule has 3 heteroatoms. The minimum atomic E-state index is 0.455. The van der Waals surface area contributed by atoms with Crippen molar-refractivity contribution in [1.82, 2.24) is 10.3 Å². The first-order valence-electron chi connectivity index (χ1n) is 6.73. The number of likely N-dealkylation sites (N-methyl/N-ethyl adjacent to an activating group) is 1. The summed E-state index contributed by atoms with van der Waals surface area (Å²) in [5.74, 6) is 1.21. The second kappa shape index (κ2) is 5.02. The fourth-order valence-electron chi connectivity index (χ4n) is 2.98. The maximum Gasteiger partial charge on any atom is 0.123 e. The van der Waals surface area contributed by atoms with Crippen LogP contribution in [0.25, 0.3) is 0 Å². The van der Waals surface area contributed by atoms with Crippen molar-refractivity contribution in [3.63, 3.8) is 0 Å². The van der Waals surface area contributed by atoms with Crippen LogP contribution in [0.1, 0.15) is 22.6 Å². The average molecular weight is 253 g/mol. The largest absolute Gasteiger partial charge is 0.384 e. The highest BCUT2D eigenvalue weighted by Crippen LogP contribution is 2.38. The van der Waals surface area contributed by atoms with E-state index in [1.165, 1.54) is 23.1 Å². The number of nitrogens with two attached hydrogens (primary N) is 1. The first-order chi connectivity index (χ1) is 9.28. The zero-order chi connectivity index (χ0) is 13.2. The number of nitrogens with one attached hydrogen (secondary N) is 1. The van der Waals surface area contributed by atoms with Crippen LogP contribution in [0.3, 0.4) is 0 Å². The number of hydrogen-bond donors (Lipinski definition) is 2. The summed E-state index contributed by atoms with van der Waals surface area (Å²) < 4.78 is 0. The van der Waals surface area contributed by atoms with E-state index in [0.29, 0.717) is 17.8 Å². The van der Waals surface area contributed by atoms with Crippen molar-refractivity contribution < 1.29 is 0 Å². The summed E-state index contributed by atoms with van der Waals surface area (Å²) in [5, 5.41) is 3.45. The van der Waals surface area contributed by atoms with Gasteiger partial charge in [-0.25, -0.2) is 4.98 Å². The highest BCUT2D eigenvalue weighted by molar-refractivity contribution is 5.42. The van der Waals surface area contributed by atoms with Gasteiger partial charge < -0.3 is 11.1 Å². The number of rotatable bonds is 4. The lowest BCUT2D eigenvalue weighted by molar-refractivity contribution is 0.422. The third-order valence-corrected chi connectivity index (χ3v) is 4.05. The van der Waals surface area contributed by atoms with E-state index in [1.807, 2.05) is 19.2 Å². The molecule has 1 aliphatic carbocycles. The topological polar surface area (TPSA) is 50.9 Å². The van der Waals surface area contributed by atoms with E-state index in [4.69, 9.17) is 5.73 Å². The Hall–Kier alpha value is -1.87. The first kappa shape index (κ1) is 12.2. The lowest BCUT2D eigenvalue weighted by atomic mass is 9.72. The molecular weight excluding hydrogens is 234 g/mol. The van der Waals surface area contributed by atoms with Gasteiger partial charge in [-0.15, -0.1) is 0 Å². The molecule has 0 radical (unpaired) electrons. The Bertz CT molecular complexity index is 580. The Balaban J connectivity index is 1.76. The second-order valence-corrected chi connectivity index (χ2v) is 5.20. The Morgan fingerprint density at radius 2 is 2.21 bits per heavy atom. The first-order valence-corrected chi connectivity index (χ1v) is 6.73. The van der Waals surface area contributed by atoms with E-state index in [9.17, 15) is 0 Å². The number of anilines is 1. The normalized spacial score (nSPS) is 18.5. The number of nitrogen functional groups attached to an aromatic ring is 1. The maximum absolute atomic E-state index is 5.74. The number of pyridine rings is 1. The highest BCUT2D eigenvalue weighted by atomic mass is 14.9. The third kappa shape index (κ3) is 2.34. The van der Waals surface area contributed by atoms with Crippen molar-refractivity contribution in [2.24, 2.45) is 0 Å². The quantitative estimate of drug-likeness (QED) is 0.877. The van der Waals surface area contributed by atoms with E-state index < -0.39 is 0 Å². The second-order valence-electron chi connectivity index (χ2n) is 5.20. The van der Waals surface area contributed by atoms with Crippen LogP contribution in [0.5, 0.6) is 0 Å². The van der Waals surface area contributed by atoms with Gasteiger partial charge >= 0.3 is 0 Å². The van der Waals surface area contributed by atoms with E-state index in [2.05, 4.69) is 34.6 Å². The molecule has 3 N–H and O–H groups in total. The van der Waals surface area contributed by atoms with Crippen LogP contribution in [0.4, 0.5) is 5.82 Å². The Labute approximate surface area is 113 Å². The summed E-state index contributed by atoms with van der Waals surface area (Å²) in [6.45, 7) is 0. The van der Waals surface area contributed by atoms with Gasteiger partial charge in [0.05, 0.1) is 0 Å². The molecular formula is C16H19N3. The molecule has 0 saturated carbocycles. The highest BCUT2D eigenvalue weighted by Gasteiger charge is 2.31. The summed E-state index contributed by atoms with van der Waals surface area (Å²) in [7, 11) is 2.04. The summed E-state index contributed by atoms with van der Waals surface area (Å²) >= 11 is 0. The third-order valence-electron chi connectivity index (χ3n) is 4.05. The molecule has 0 amide bonds. The monoisotopic (exact) mass is 253 g/mol. The SMILES string of the molecule is CNC(Cc1ccnc(N)c1)C1Cc2ccccc21. The van der Waals surface area contributed by atoms with Gasteiger partial charge in [0.1, 0.15) is 5.82 Å². The fraction of sp³-hybridized carbons (Fsp3) is 0.312. The van der Waals surface area contributed by atoms with Gasteiger partial charge in [0.15, 0.2) is 0 Å². The average Bonchev–Trinajstić information content (AvgIpc) is 2.39. The van der Waals surface area contributed by atoms with Crippen molar-refractivity contribution in [3.8, 4) is 0 Å². The summed E-state index contributed by atoms with van der Waals surface area (Å²) in [4.78, 5) is 4.05. The molecule has 2 unspecified atom stereocenters. The lowest BCUT2D eigenvalue weighted by Gasteiger charge is -2.36. The molecule has 0 saturated heterocycles. The number of benzene rings is 1. The van der Waals surface area contributed by atoms with E-state index in [-0.39, 0.29) is 0 Å². The molecule has 19 heavy (non-hydrogen) atoms. The molecule has 2 aromatic rings. The van der Waals surface area contributed by atoms with Crippen molar-refractivity contribution in [1.29, 1.82) is 0 Å². The molecule has 2 atom stereocenters. The van der Waals surface area contributed by atoms with Gasteiger partial charge in [-0.1, -0.05) is 24.3 Å². The smallest absolute Gasteiger partial charge is 0.123 e. The van der Waals surface area contributed by atoms with Crippen LogP contribution in [-0.2, 0) is 12.8 Å². The molecule has 1 heterocycles. The number of nitrogens with zero attached hydrogens (tertiary/aromatic N) is 1. The van der Waals surface area contributed by atoms with Crippen molar-refractivity contribution in [2.75, 3.05) is 12.8 Å². The van der Waals surface area contributed by atoms with E-state index in [0.717, 1.165) is 6.42 Å². The van der Waals surface area contributed by atoms with Crippen LogP contribution in [0, 0.1) is 0 Å². The van der Waals surface area contributed by atoms with E-state index >= 15 is 0 Å². The van der Waals surface area contributed by atoms with Crippen LogP contribution in [0.15, 0.2) is 42.6 Å². The minimum absolute atomic E-state index is 0.455. The van der Waals surface area contributed by atoms with Crippen LogP contribution in [0.2, 0.25) is 0 Å².